The number of alkyl carbamates (subject to hydrolysis) is 1. The van der Waals surface area contributed by atoms with Crippen molar-refractivity contribution in [3.63, 3.8) is 0 Å². The summed E-state index contributed by atoms with van der Waals surface area (Å²) in [6.45, 7) is 1.77. The summed E-state index contributed by atoms with van der Waals surface area (Å²) in [5.41, 5.74) is 2.68. The van der Waals surface area contributed by atoms with E-state index in [0.717, 1.165) is 17.4 Å². The number of benzene rings is 2. The molecule has 2 aromatic carbocycles. The van der Waals surface area contributed by atoms with E-state index in [1.165, 1.54) is 11.8 Å². The number of nitrogens with one attached hydrogen (secondary N) is 1. The molecule has 0 aliphatic rings. The van der Waals surface area contributed by atoms with Crippen LogP contribution in [0.1, 0.15) is 28.9 Å². The number of rotatable bonds is 8. The van der Waals surface area contributed by atoms with E-state index < -0.39 is 24.1 Å². The highest BCUT2D eigenvalue weighted by Gasteiger charge is 2.30. The van der Waals surface area contributed by atoms with E-state index in [9.17, 15) is 14.4 Å². The maximum absolute atomic E-state index is 12.3. The van der Waals surface area contributed by atoms with Crippen molar-refractivity contribution in [1.29, 1.82) is 0 Å². The number of carbonyl (C=O) groups excluding carboxylic acids is 3. The van der Waals surface area contributed by atoms with Crippen LogP contribution in [0.5, 0.6) is 0 Å². The van der Waals surface area contributed by atoms with Crippen LogP contribution in [0.2, 0.25) is 0 Å². The zero-order chi connectivity index (χ0) is 22.2. The fraction of sp³-hybridized carbons (Fsp3) is 0.227. The Morgan fingerprint density at radius 3 is 2.48 bits per heavy atom. The lowest BCUT2D eigenvalue weighted by Gasteiger charge is -2.22. The highest BCUT2D eigenvalue weighted by molar-refractivity contribution is 5.81. The molecule has 1 unspecified atom stereocenters. The number of carbonyl (C=O) groups is 3. The molecule has 9 nitrogen and oxygen atoms in total. The Bertz CT molecular complexity index is 1030. The summed E-state index contributed by atoms with van der Waals surface area (Å²) in [7, 11) is 1.24. The van der Waals surface area contributed by atoms with Crippen LogP contribution in [0.4, 0.5) is 4.79 Å². The maximum Gasteiger partial charge on any atom is 0.408 e. The van der Waals surface area contributed by atoms with Crippen LogP contribution in [-0.2, 0) is 20.9 Å². The van der Waals surface area contributed by atoms with Crippen LogP contribution >= 0.6 is 0 Å². The topological polar surface area (TPSA) is 112 Å². The van der Waals surface area contributed by atoms with Crippen LogP contribution in [0.15, 0.2) is 60.8 Å². The van der Waals surface area contributed by atoms with Gasteiger partial charge in [-0.25, -0.2) is 14.3 Å². The Kier molecular flexibility index (Phi) is 7.10. The quantitative estimate of drug-likeness (QED) is 0.439. The van der Waals surface area contributed by atoms with Crippen LogP contribution in [-0.4, -0.2) is 46.5 Å². The Morgan fingerprint density at radius 2 is 1.84 bits per heavy atom. The molecule has 0 radical (unpaired) electrons. The summed E-state index contributed by atoms with van der Waals surface area (Å²) >= 11 is 0. The summed E-state index contributed by atoms with van der Waals surface area (Å²) in [5, 5.41) is 10.7. The molecule has 0 aliphatic heterocycles. The summed E-state index contributed by atoms with van der Waals surface area (Å²) in [6, 6.07) is 14.4. The minimum atomic E-state index is -1.04. The number of aromatic nitrogens is 3. The molecule has 1 heterocycles. The minimum Gasteiger partial charge on any atom is -0.467 e. The van der Waals surface area contributed by atoms with Crippen molar-refractivity contribution < 1.29 is 23.9 Å². The molecule has 160 valence electrons. The van der Waals surface area contributed by atoms with Crippen LogP contribution in [0, 0.1) is 0 Å². The van der Waals surface area contributed by atoms with Gasteiger partial charge in [0, 0.05) is 11.1 Å². The van der Waals surface area contributed by atoms with Crippen LogP contribution in [0.3, 0.4) is 0 Å². The van der Waals surface area contributed by atoms with Gasteiger partial charge in [0.15, 0.2) is 6.04 Å². The number of amides is 1. The van der Waals surface area contributed by atoms with Crippen molar-refractivity contribution in [2.45, 2.75) is 25.6 Å². The zero-order valence-corrected chi connectivity index (χ0v) is 17.1. The van der Waals surface area contributed by atoms with E-state index in [1.807, 2.05) is 30.3 Å². The molecular weight excluding hydrogens is 400 g/mol. The number of ether oxygens (including phenoxy) is 2. The average Bonchev–Trinajstić information content (AvgIpc) is 3.31. The zero-order valence-electron chi connectivity index (χ0n) is 17.1. The van der Waals surface area contributed by atoms with Gasteiger partial charge in [-0.3, -0.25) is 4.79 Å². The van der Waals surface area contributed by atoms with Gasteiger partial charge in [0.25, 0.3) is 0 Å². The minimum absolute atomic E-state index is 0.0687. The lowest BCUT2D eigenvalue weighted by molar-refractivity contribution is -0.144. The first-order valence-electron chi connectivity index (χ1n) is 9.54. The first-order chi connectivity index (χ1) is 15.0. The Labute approximate surface area is 179 Å². The summed E-state index contributed by atoms with van der Waals surface area (Å²) < 4.78 is 11.5. The first-order valence-corrected chi connectivity index (χ1v) is 9.54. The van der Waals surface area contributed by atoms with Gasteiger partial charge in [-0.1, -0.05) is 59.8 Å². The van der Waals surface area contributed by atoms with Gasteiger partial charge in [0.1, 0.15) is 18.6 Å². The number of methoxy groups -OCH3 is 1. The van der Waals surface area contributed by atoms with Crippen LogP contribution in [0.25, 0.3) is 11.3 Å². The third kappa shape index (κ3) is 5.53. The van der Waals surface area contributed by atoms with Crippen molar-refractivity contribution in [2.24, 2.45) is 0 Å². The largest absolute Gasteiger partial charge is 0.467 e. The van der Waals surface area contributed by atoms with Crippen LogP contribution < -0.4 is 5.32 Å². The van der Waals surface area contributed by atoms with Crippen molar-refractivity contribution >= 4 is 18.3 Å². The lowest BCUT2D eigenvalue weighted by atomic mass is 10.1. The van der Waals surface area contributed by atoms with Gasteiger partial charge in [-0.2, -0.15) is 0 Å². The molecule has 0 saturated heterocycles. The molecule has 2 atom stereocenters. The monoisotopic (exact) mass is 422 g/mol. The van der Waals surface area contributed by atoms with Crippen molar-refractivity contribution in [1.82, 2.24) is 20.3 Å². The average molecular weight is 422 g/mol. The van der Waals surface area contributed by atoms with E-state index in [4.69, 9.17) is 9.47 Å². The SMILES string of the molecule is COC(=O)[C@@H](NC(=O)OCc1ccccc1)C(C)n1cc(-c2ccc(C=O)cc2)nn1. The second kappa shape index (κ2) is 10.1. The van der Waals surface area contributed by atoms with Crippen molar-refractivity contribution in [3.05, 3.63) is 71.9 Å². The Morgan fingerprint density at radius 1 is 1.13 bits per heavy atom. The number of aldehydes is 1. The molecule has 31 heavy (non-hydrogen) atoms. The highest BCUT2D eigenvalue weighted by Crippen LogP contribution is 2.19. The molecule has 9 heteroatoms. The maximum atomic E-state index is 12.3. The molecule has 3 rings (SSSR count). The molecule has 3 aromatic rings. The van der Waals surface area contributed by atoms with Gasteiger partial charge in [0.2, 0.25) is 0 Å². The molecule has 0 spiro atoms. The Hall–Kier alpha value is -4.01. The second-order valence-electron chi connectivity index (χ2n) is 6.77. The highest BCUT2D eigenvalue weighted by atomic mass is 16.6. The number of esters is 1. The standard InChI is InChI=1S/C22H22N4O5/c1-15(26-12-19(24-25-26)18-10-8-16(13-27)9-11-18)20(21(28)30-2)23-22(29)31-14-17-6-4-3-5-7-17/h3-13,15,20H,14H2,1-2H3,(H,23,29)/t15?,20-/m0/s1. The van der Waals surface area contributed by atoms with E-state index in [2.05, 4.69) is 15.6 Å². The second-order valence-corrected chi connectivity index (χ2v) is 6.77. The fourth-order valence-corrected chi connectivity index (χ4v) is 2.89. The Balaban J connectivity index is 1.70. The van der Waals surface area contributed by atoms with Gasteiger partial charge in [-0.15, -0.1) is 5.10 Å². The summed E-state index contributed by atoms with van der Waals surface area (Å²) in [5.74, 6) is -0.642. The molecule has 1 aromatic heterocycles. The smallest absolute Gasteiger partial charge is 0.408 e. The summed E-state index contributed by atoms with van der Waals surface area (Å²) in [6.07, 6.45) is 1.65. The van der Waals surface area contributed by atoms with Gasteiger partial charge < -0.3 is 14.8 Å². The fourth-order valence-electron chi connectivity index (χ4n) is 2.89. The molecular formula is C22H22N4O5. The molecule has 1 amide bonds. The van der Waals surface area contributed by atoms with Crippen molar-refractivity contribution in [2.75, 3.05) is 7.11 Å². The van der Waals surface area contributed by atoms with E-state index in [0.29, 0.717) is 11.3 Å². The number of nitrogens with zero attached hydrogens (tertiary/aromatic N) is 3. The van der Waals surface area contributed by atoms with Gasteiger partial charge in [0.05, 0.1) is 19.3 Å². The number of hydrogen-bond acceptors (Lipinski definition) is 7. The predicted octanol–water partition coefficient (Wildman–Crippen LogP) is 2.79. The number of hydrogen-bond donors (Lipinski definition) is 1. The molecule has 1 N–H and O–H groups in total. The normalized spacial score (nSPS) is 12.5. The lowest BCUT2D eigenvalue weighted by Crippen LogP contribution is -2.46. The third-order valence-corrected chi connectivity index (χ3v) is 4.69. The molecule has 0 fully saturated rings. The third-order valence-electron chi connectivity index (χ3n) is 4.69. The van der Waals surface area contributed by atoms with E-state index >= 15 is 0 Å². The predicted molar refractivity (Wildman–Crippen MR) is 111 cm³/mol. The van der Waals surface area contributed by atoms with E-state index in [-0.39, 0.29) is 6.61 Å². The molecule has 0 saturated carbocycles. The first kappa shape index (κ1) is 21.7. The van der Waals surface area contributed by atoms with Gasteiger partial charge >= 0.3 is 12.1 Å². The van der Waals surface area contributed by atoms with E-state index in [1.54, 1.807) is 37.4 Å². The summed E-state index contributed by atoms with van der Waals surface area (Å²) in [4.78, 5) is 35.4. The van der Waals surface area contributed by atoms with Gasteiger partial charge in [-0.05, 0) is 12.5 Å². The molecule has 0 aliphatic carbocycles. The van der Waals surface area contributed by atoms with Crippen molar-refractivity contribution in [3.8, 4) is 11.3 Å². The molecule has 0 bridgehead atoms.